The van der Waals surface area contributed by atoms with Gasteiger partial charge in [0.15, 0.2) is 0 Å². The van der Waals surface area contributed by atoms with Gasteiger partial charge in [0, 0.05) is 18.8 Å². The fraction of sp³-hybridized carbons (Fsp3) is 0.273. The van der Waals surface area contributed by atoms with Gasteiger partial charge in [0.25, 0.3) is 0 Å². The summed E-state index contributed by atoms with van der Waals surface area (Å²) in [6.07, 6.45) is 3.05. The van der Waals surface area contributed by atoms with Crippen LogP contribution in [-0.2, 0) is 4.79 Å². The Bertz CT molecular complexity index is 859. The summed E-state index contributed by atoms with van der Waals surface area (Å²) in [7, 11) is 0. The molecule has 1 heterocycles. The average Bonchev–Trinajstić information content (AvgIpc) is 2.66. The number of nitrogens with one attached hydrogen (secondary N) is 2. The van der Waals surface area contributed by atoms with E-state index < -0.39 is 6.03 Å². The van der Waals surface area contributed by atoms with E-state index in [0.29, 0.717) is 12.2 Å². The maximum absolute atomic E-state index is 12.2. The second kappa shape index (κ2) is 8.64. The molecule has 0 saturated heterocycles. The molecule has 3 rings (SSSR count). The lowest BCUT2D eigenvalue weighted by molar-refractivity contribution is -0.121. The van der Waals surface area contributed by atoms with Gasteiger partial charge in [-0.05, 0) is 48.6 Å². The first-order chi connectivity index (χ1) is 13.0. The van der Waals surface area contributed by atoms with E-state index in [1.54, 1.807) is 0 Å². The minimum absolute atomic E-state index is 0.207. The lowest BCUT2D eigenvalue weighted by Crippen LogP contribution is -2.43. The van der Waals surface area contributed by atoms with Crippen LogP contribution >= 0.6 is 0 Å². The number of hydrogen-bond acceptors (Lipinski definition) is 3. The monoisotopic (exact) mass is 363 g/mol. The van der Waals surface area contributed by atoms with Crippen molar-refractivity contribution in [1.82, 2.24) is 10.2 Å². The van der Waals surface area contributed by atoms with Gasteiger partial charge in [-0.2, -0.15) is 0 Å². The number of amides is 3. The standard InChI is InChI=1S/C22H25N3O2/c1-16-7-6-10-20(17(16)2)23-22(27)24-21(26)15-25-13-11-19(12-14-25)18-8-4-3-5-9-18/h3-11H,12-15H2,1-2H3,(H2,23,24,26,27). The molecule has 3 amide bonds. The number of nitrogens with zero attached hydrogens (tertiary/aromatic N) is 1. The summed E-state index contributed by atoms with van der Waals surface area (Å²) in [6, 6.07) is 15.5. The number of aryl methyl sites for hydroxylation is 1. The highest BCUT2D eigenvalue weighted by Crippen LogP contribution is 2.21. The number of hydrogen-bond donors (Lipinski definition) is 2. The molecule has 2 N–H and O–H groups in total. The molecule has 0 bridgehead atoms. The third-order valence-corrected chi connectivity index (χ3v) is 4.91. The van der Waals surface area contributed by atoms with E-state index in [4.69, 9.17) is 0 Å². The fourth-order valence-electron chi connectivity index (χ4n) is 3.18. The van der Waals surface area contributed by atoms with Gasteiger partial charge in [0.1, 0.15) is 0 Å². The van der Waals surface area contributed by atoms with Crippen LogP contribution in [0.3, 0.4) is 0 Å². The third kappa shape index (κ3) is 5.05. The molecule has 0 aliphatic carbocycles. The Hall–Kier alpha value is -2.92. The molecule has 27 heavy (non-hydrogen) atoms. The first kappa shape index (κ1) is 18.9. The van der Waals surface area contributed by atoms with Crippen molar-refractivity contribution in [2.24, 2.45) is 0 Å². The molecule has 5 nitrogen and oxygen atoms in total. The van der Waals surface area contributed by atoms with Gasteiger partial charge in [-0.15, -0.1) is 0 Å². The summed E-state index contributed by atoms with van der Waals surface area (Å²) in [5.41, 5.74) is 5.34. The summed E-state index contributed by atoms with van der Waals surface area (Å²) in [4.78, 5) is 26.3. The van der Waals surface area contributed by atoms with Gasteiger partial charge in [0.05, 0.1) is 6.54 Å². The van der Waals surface area contributed by atoms with Gasteiger partial charge < -0.3 is 5.32 Å². The number of carbonyl (C=O) groups is 2. The SMILES string of the molecule is Cc1cccc(NC(=O)NC(=O)CN2CC=C(c3ccccc3)CC2)c1C. The predicted molar refractivity (Wildman–Crippen MR) is 109 cm³/mol. The molecule has 0 aromatic heterocycles. The molecule has 0 atom stereocenters. The number of benzene rings is 2. The quantitative estimate of drug-likeness (QED) is 0.870. The molecule has 1 aliphatic rings. The second-order valence-corrected chi connectivity index (χ2v) is 6.83. The zero-order valence-electron chi connectivity index (χ0n) is 15.8. The van der Waals surface area contributed by atoms with E-state index in [2.05, 4.69) is 28.8 Å². The zero-order valence-corrected chi connectivity index (χ0v) is 15.8. The van der Waals surface area contributed by atoms with E-state index in [1.807, 2.05) is 55.1 Å². The highest BCUT2D eigenvalue weighted by molar-refractivity contribution is 6.02. The predicted octanol–water partition coefficient (Wildman–Crippen LogP) is 3.74. The second-order valence-electron chi connectivity index (χ2n) is 6.83. The van der Waals surface area contributed by atoms with E-state index in [0.717, 1.165) is 24.1 Å². The normalized spacial score (nSPS) is 14.4. The van der Waals surface area contributed by atoms with Gasteiger partial charge >= 0.3 is 6.03 Å². The molecule has 0 fully saturated rings. The van der Waals surface area contributed by atoms with Gasteiger partial charge in [-0.3, -0.25) is 15.0 Å². The lowest BCUT2D eigenvalue weighted by Gasteiger charge is -2.25. The summed E-state index contributed by atoms with van der Waals surface area (Å²) in [5, 5.41) is 5.16. The zero-order chi connectivity index (χ0) is 19.2. The Morgan fingerprint density at radius 3 is 2.52 bits per heavy atom. The smallest absolute Gasteiger partial charge is 0.307 e. The van der Waals surface area contributed by atoms with Crippen molar-refractivity contribution in [1.29, 1.82) is 0 Å². The number of anilines is 1. The molecule has 2 aromatic carbocycles. The third-order valence-electron chi connectivity index (χ3n) is 4.91. The molecule has 0 spiro atoms. The molecule has 5 heteroatoms. The molecule has 1 aliphatic heterocycles. The van der Waals surface area contributed by atoms with Crippen LogP contribution < -0.4 is 10.6 Å². The number of carbonyl (C=O) groups excluding carboxylic acids is 2. The summed E-state index contributed by atoms with van der Waals surface area (Å²) < 4.78 is 0. The van der Waals surface area contributed by atoms with Crippen molar-refractivity contribution in [3.63, 3.8) is 0 Å². The van der Waals surface area contributed by atoms with Crippen molar-refractivity contribution in [2.45, 2.75) is 20.3 Å². The number of imide groups is 1. The van der Waals surface area contributed by atoms with Crippen molar-refractivity contribution < 1.29 is 9.59 Å². The molecule has 140 valence electrons. The van der Waals surface area contributed by atoms with Crippen molar-refractivity contribution in [3.8, 4) is 0 Å². The Kier molecular flexibility index (Phi) is 6.04. The van der Waals surface area contributed by atoms with Crippen molar-refractivity contribution in [2.75, 3.05) is 25.0 Å². The van der Waals surface area contributed by atoms with Crippen LogP contribution in [0, 0.1) is 13.8 Å². The average molecular weight is 363 g/mol. The number of rotatable bonds is 4. The number of urea groups is 1. The van der Waals surface area contributed by atoms with Crippen molar-refractivity contribution in [3.05, 3.63) is 71.3 Å². The fourth-order valence-corrected chi connectivity index (χ4v) is 3.18. The highest BCUT2D eigenvalue weighted by atomic mass is 16.2. The highest BCUT2D eigenvalue weighted by Gasteiger charge is 2.17. The first-order valence-electron chi connectivity index (χ1n) is 9.17. The first-order valence-corrected chi connectivity index (χ1v) is 9.17. The Morgan fingerprint density at radius 1 is 1.04 bits per heavy atom. The Morgan fingerprint density at radius 2 is 1.81 bits per heavy atom. The molecule has 2 aromatic rings. The van der Waals surface area contributed by atoms with Crippen LogP contribution in [0.25, 0.3) is 5.57 Å². The van der Waals surface area contributed by atoms with E-state index in [1.165, 1.54) is 11.1 Å². The van der Waals surface area contributed by atoms with E-state index >= 15 is 0 Å². The Balaban J connectivity index is 1.49. The van der Waals surface area contributed by atoms with Crippen molar-refractivity contribution >= 4 is 23.2 Å². The van der Waals surface area contributed by atoms with Crippen LogP contribution in [0.15, 0.2) is 54.6 Å². The van der Waals surface area contributed by atoms with Crippen LogP contribution in [0.2, 0.25) is 0 Å². The largest absolute Gasteiger partial charge is 0.325 e. The summed E-state index contributed by atoms with van der Waals surface area (Å²) in [5.74, 6) is -0.297. The molecule has 0 radical (unpaired) electrons. The van der Waals surface area contributed by atoms with Crippen LogP contribution in [0.1, 0.15) is 23.1 Å². The molecular formula is C22H25N3O2. The summed E-state index contributed by atoms with van der Waals surface area (Å²) in [6.45, 7) is 5.64. The van der Waals surface area contributed by atoms with Gasteiger partial charge in [0.2, 0.25) is 5.91 Å². The van der Waals surface area contributed by atoms with E-state index in [-0.39, 0.29) is 12.5 Å². The van der Waals surface area contributed by atoms with Crippen LogP contribution in [-0.4, -0.2) is 36.5 Å². The maximum Gasteiger partial charge on any atom is 0.325 e. The van der Waals surface area contributed by atoms with Crippen LogP contribution in [0.4, 0.5) is 10.5 Å². The minimum Gasteiger partial charge on any atom is -0.307 e. The maximum atomic E-state index is 12.2. The van der Waals surface area contributed by atoms with Gasteiger partial charge in [-0.25, -0.2) is 4.79 Å². The van der Waals surface area contributed by atoms with Crippen LogP contribution in [0.5, 0.6) is 0 Å². The lowest BCUT2D eigenvalue weighted by atomic mass is 10.00. The topological polar surface area (TPSA) is 61.4 Å². The van der Waals surface area contributed by atoms with E-state index in [9.17, 15) is 9.59 Å². The van der Waals surface area contributed by atoms with Gasteiger partial charge in [-0.1, -0.05) is 48.5 Å². The summed E-state index contributed by atoms with van der Waals surface area (Å²) >= 11 is 0. The minimum atomic E-state index is -0.494. The Labute approximate surface area is 160 Å². The molecule has 0 saturated carbocycles. The molecular weight excluding hydrogens is 338 g/mol. The molecule has 0 unspecified atom stereocenters.